The van der Waals surface area contributed by atoms with Crippen LogP contribution in [0.3, 0.4) is 0 Å². The number of nitrogens with one attached hydrogen (secondary N) is 1. The van der Waals surface area contributed by atoms with E-state index in [1.807, 2.05) is 38.1 Å². The van der Waals surface area contributed by atoms with Gasteiger partial charge in [-0.1, -0.05) is 37.7 Å². The third-order valence-electron chi connectivity index (χ3n) is 4.45. The lowest BCUT2D eigenvalue weighted by atomic mass is 9.89. The number of benzene rings is 2. The minimum Gasteiger partial charge on any atom is -0.379 e. The van der Waals surface area contributed by atoms with Crippen LogP contribution < -0.4 is 11.1 Å². The molecule has 1 amide bonds. The third kappa shape index (κ3) is 4.17. The first kappa shape index (κ1) is 19.9. The van der Waals surface area contributed by atoms with E-state index in [9.17, 15) is 4.79 Å². The number of amides is 1. The van der Waals surface area contributed by atoms with Gasteiger partial charge in [0, 0.05) is 17.0 Å². The van der Waals surface area contributed by atoms with Gasteiger partial charge in [0.05, 0.1) is 5.54 Å². The van der Waals surface area contributed by atoms with Gasteiger partial charge in [-0.05, 0) is 59.6 Å². The molecule has 1 aromatic heterocycles. The number of fused-ring (bicyclic) bond motifs is 1. The van der Waals surface area contributed by atoms with Crippen LogP contribution >= 0.6 is 11.8 Å². The predicted molar refractivity (Wildman–Crippen MR) is 114 cm³/mol. The molecule has 0 saturated carbocycles. The highest BCUT2D eigenvalue weighted by atomic mass is 32.2. The van der Waals surface area contributed by atoms with Gasteiger partial charge in [0.2, 0.25) is 0 Å². The zero-order valence-electron chi connectivity index (χ0n) is 16.1. The number of carbonyl (C=O) groups excluding carboxylic acids is 1. The van der Waals surface area contributed by atoms with Gasteiger partial charge in [0.1, 0.15) is 11.0 Å². The number of hydrogen-bond donors (Lipinski definition) is 2. The molecule has 1 aliphatic heterocycles. The maximum atomic E-state index is 12.6. The number of aliphatic imine (C=N–C) groups is 1. The van der Waals surface area contributed by atoms with E-state index >= 15 is 0 Å². The summed E-state index contributed by atoms with van der Waals surface area (Å²) in [6, 6.07) is 12.8. The first-order valence-corrected chi connectivity index (χ1v) is 10.1. The van der Waals surface area contributed by atoms with Gasteiger partial charge in [-0.25, -0.2) is 4.63 Å². The van der Waals surface area contributed by atoms with Crippen LogP contribution in [-0.2, 0) is 5.54 Å². The van der Waals surface area contributed by atoms with E-state index in [0.29, 0.717) is 27.5 Å². The van der Waals surface area contributed by atoms with E-state index in [1.165, 1.54) is 0 Å². The highest BCUT2D eigenvalue weighted by molar-refractivity contribution is 8.13. The topological polar surface area (TPSA) is 106 Å². The van der Waals surface area contributed by atoms with Gasteiger partial charge in [0.25, 0.3) is 5.91 Å². The molecule has 0 spiro atoms. The normalized spacial score (nSPS) is 18.8. The minimum atomic E-state index is -0.374. The summed E-state index contributed by atoms with van der Waals surface area (Å²) < 4.78 is 4.66. The number of nitrogens with zero attached hydrogens (tertiary/aromatic N) is 3. The highest BCUT2D eigenvalue weighted by Crippen LogP contribution is 2.35. The van der Waals surface area contributed by atoms with E-state index < -0.39 is 0 Å². The fourth-order valence-corrected chi connectivity index (χ4v) is 3.93. The maximum Gasteiger partial charge on any atom is 0.255 e. The average Bonchev–Trinajstić information content (AvgIpc) is 3.17. The molecule has 146 valence electrons. The standard InChI is InChI=1S/C18H17N5O2S.C2H6/c1-18(7-8-26-17(19)21-18)12-3-2-4-13(10-12)20-16(24)11-5-6-14-15(9-11)23-25-22-14;1-2/h2-6,9-10H,7-8H2,1H3,(H2,19,21)(H,20,24);1-2H3. The molecule has 1 atom stereocenters. The monoisotopic (exact) mass is 397 g/mol. The zero-order valence-corrected chi connectivity index (χ0v) is 16.9. The molecule has 0 bridgehead atoms. The molecule has 2 aromatic carbocycles. The Labute approximate surface area is 167 Å². The molecule has 1 aliphatic rings. The molecule has 2 heterocycles. The summed E-state index contributed by atoms with van der Waals surface area (Å²) in [5, 5.41) is 11.0. The molecule has 0 saturated heterocycles. The van der Waals surface area contributed by atoms with E-state index in [4.69, 9.17) is 5.73 Å². The Balaban J connectivity index is 0.00000109. The number of rotatable bonds is 3. The summed E-state index contributed by atoms with van der Waals surface area (Å²) in [5.74, 6) is 0.702. The van der Waals surface area contributed by atoms with Crippen LogP contribution in [0.1, 0.15) is 43.1 Å². The van der Waals surface area contributed by atoms with Crippen molar-refractivity contribution in [3.05, 3.63) is 53.6 Å². The van der Waals surface area contributed by atoms with E-state index in [1.54, 1.807) is 30.0 Å². The second kappa shape index (κ2) is 8.43. The second-order valence-corrected chi connectivity index (χ2v) is 7.44. The van der Waals surface area contributed by atoms with Crippen molar-refractivity contribution in [1.82, 2.24) is 10.3 Å². The smallest absolute Gasteiger partial charge is 0.255 e. The van der Waals surface area contributed by atoms with Crippen molar-refractivity contribution in [1.29, 1.82) is 0 Å². The van der Waals surface area contributed by atoms with Crippen LogP contribution in [0, 0.1) is 0 Å². The van der Waals surface area contributed by atoms with Crippen LogP contribution in [0.2, 0.25) is 0 Å². The summed E-state index contributed by atoms with van der Waals surface area (Å²) in [6.45, 7) is 6.06. The number of amidine groups is 1. The van der Waals surface area contributed by atoms with Crippen molar-refractivity contribution in [2.24, 2.45) is 10.7 Å². The second-order valence-electron chi connectivity index (χ2n) is 6.33. The zero-order chi connectivity index (χ0) is 20.1. The lowest BCUT2D eigenvalue weighted by molar-refractivity contribution is 0.102. The molecule has 3 N–H and O–H groups in total. The molecule has 0 radical (unpaired) electrons. The van der Waals surface area contributed by atoms with Crippen LogP contribution in [0.5, 0.6) is 0 Å². The summed E-state index contributed by atoms with van der Waals surface area (Å²) >= 11 is 1.57. The van der Waals surface area contributed by atoms with Gasteiger partial charge < -0.3 is 11.1 Å². The largest absolute Gasteiger partial charge is 0.379 e. The van der Waals surface area contributed by atoms with Crippen molar-refractivity contribution in [2.45, 2.75) is 32.7 Å². The quantitative estimate of drug-likeness (QED) is 0.687. The summed E-state index contributed by atoms with van der Waals surface area (Å²) in [7, 11) is 0. The van der Waals surface area contributed by atoms with Crippen LogP contribution in [-0.4, -0.2) is 27.1 Å². The molecule has 8 heteroatoms. The van der Waals surface area contributed by atoms with E-state index in [2.05, 4.69) is 32.2 Å². The van der Waals surface area contributed by atoms with Gasteiger partial charge >= 0.3 is 0 Å². The summed E-state index contributed by atoms with van der Waals surface area (Å²) in [4.78, 5) is 17.2. The lowest BCUT2D eigenvalue weighted by Crippen LogP contribution is -2.28. The predicted octanol–water partition coefficient (Wildman–Crippen LogP) is 4.17. The van der Waals surface area contributed by atoms with Crippen LogP contribution in [0.15, 0.2) is 52.1 Å². The highest BCUT2D eigenvalue weighted by Gasteiger charge is 2.29. The van der Waals surface area contributed by atoms with Crippen molar-refractivity contribution in [2.75, 3.05) is 11.1 Å². The molecule has 28 heavy (non-hydrogen) atoms. The maximum absolute atomic E-state index is 12.6. The average molecular weight is 398 g/mol. The number of anilines is 1. The summed E-state index contributed by atoms with van der Waals surface area (Å²) in [6.07, 6.45) is 0.894. The van der Waals surface area contributed by atoms with Crippen molar-refractivity contribution in [3.8, 4) is 0 Å². The molecular formula is C20H23N5O2S. The SMILES string of the molecule is CC.CC1(c2cccc(NC(=O)c3ccc4nonc4c3)c2)CCSC(N)=N1. The minimum absolute atomic E-state index is 0.223. The molecule has 3 aromatic rings. The molecule has 4 rings (SSSR count). The Morgan fingerprint density at radius 3 is 2.75 bits per heavy atom. The molecule has 7 nitrogen and oxygen atoms in total. The Kier molecular flexibility index (Phi) is 5.99. The van der Waals surface area contributed by atoms with Crippen LogP contribution in [0.25, 0.3) is 11.0 Å². The Bertz CT molecular complexity index is 1020. The molecular weight excluding hydrogens is 374 g/mol. The fraction of sp³-hybridized carbons (Fsp3) is 0.300. The fourth-order valence-electron chi connectivity index (χ4n) is 2.95. The lowest BCUT2D eigenvalue weighted by Gasteiger charge is -2.30. The third-order valence-corrected chi connectivity index (χ3v) is 5.25. The van der Waals surface area contributed by atoms with Crippen molar-refractivity contribution >= 4 is 39.6 Å². The van der Waals surface area contributed by atoms with Gasteiger partial charge in [0.15, 0.2) is 5.17 Å². The van der Waals surface area contributed by atoms with Crippen molar-refractivity contribution in [3.63, 3.8) is 0 Å². The first-order valence-electron chi connectivity index (χ1n) is 9.16. The number of hydrogen-bond acceptors (Lipinski definition) is 7. The van der Waals surface area contributed by atoms with Gasteiger partial charge in [-0.2, -0.15) is 0 Å². The number of thioether (sulfide) groups is 1. The summed E-state index contributed by atoms with van der Waals surface area (Å²) in [5.41, 5.74) is 8.91. The van der Waals surface area contributed by atoms with E-state index in [-0.39, 0.29) is 11.4 Å². The van der Waals surface area contributed by atoms with Crippen LogP contribution in [0.4, 0.5) is 5.69 Å². The van der Waals surface area contributed by atoms with Crippen molar-refractivity contribution < 1.29 is 9.42 Å². The number of carbonyl (C=O) groups is 1. The Morgan fingerprint density at radius 1 is 1.18 bits per heavy atom. The Morgan fingerprint density at radius 2 is 1.96 bits per heavy atom. The Hall–Kier alpha value is -2.87. The first-order chi connectivity index (χ1) is 13.5. The molecule has 1 unspecified atom stereocenters. The van der Waals surface area contributed by atoms with E-state index in [0.717, 1.165) is 17.7 Å². The van der Waals surface area contributed by atoms with Gasteiger partial charge in [-0.3, -0.25) is 9.79 Å². The number of aromatic nitrogens is 2. The molecule has 0 fully saturated rings. The number of nitrogens with two attached hydrogens (primary N) is 1. The van der Waals surface area contributed by atoms with Gasteiger partial charge in [-0.15, -0.1) is 0 Å². The molecule has 0 aliphatic carbocycles.